The molecule has 0 aliphatic carbocycles. The molecule has 1 amide bonds. The van der Waals surface area contributed by atoms with E-state index in [-0.39, 0.29) is 16.8 Å². The zero-order valence-corrected chi connectivity index (χ0v) is 12.1. The lowest BCUT2D eigenvalue weighted by atomic mass is 10.2. The highest BCUT2D eigenvalue weighted by Crippen LogP contribution is 2.24. The number of hydrogen-bond donors (Lipinski definition) is 1. The lowest BCUT2D eigenvalue weighted by molar-refractivity contribution is -0.120. The Morgan fingerprint density at radius 2 is 2.28 bits per heavy atom. The van der Waals surface area contributed by atoms with Gasteiger partial charge in [0.25, 0.3) is 0 Å². The van der Waals surface area contributed by atoms with Crippen LogP contribution in [0.2, 0.25) is 0 Å². The van der Waals surface area contributed by atoms with Gasteiger partial charge in [0.2, 0.25) is 5.91 Å². The molecule has 1 N–H and O–H groups in total. The Hall–Kier alpha value is -0.810. The lowest BCUT2D eigenvalue weighted by Crippen LogP contribution is -2.38. The summed E-state index contributed by atoms with van der Waals surface area (Å²) in [5.41, 5.74) is 0. The van der Waals surface area contributed by atoms with Gasteiger partial charge in [0.15, 0.2) is 0 Å². The SMILES string of the molecule is CC(Br)C(=O)NCC(c1ccco1)N1CCCC1. The maximum absolute atomic E-state index is 11.6. The molecular formula is C13H19BrN2O2. The molecule has 1 saturated heterocycles. The van der Waals surface area contributed by atoms with Crippen molar-refractivity contribution in [2.24, 2.45) is 0 Å². The molecule has 2 rings (SSSR count). The smallest absolute Gasteiger partial charge is 0.233 e. The van der Waals surface area contributed by atoms with E-state index in [9.17, 15) is 4.79 Å². The van der Waals surface area contributed by atoms with Crippen LogP contribution in [0.5, 0.6) is 0 Å². The molecule has 4 nitrogen and oxygen atoms in total. The average Bonchev–Trinajstić information content (AvgIpc) is 3.01. The average molecular weight is 315 g/mol. The largest absolute Gasteiger partial charge is 0.468 e. The van der Waals surface area contributed by atoms with E-state index in [1.807, 2.05) is 19.1 Å². The van der Waals surface area contributed by atoms with Crippen LogP contribution in [0.3, 0.4) is 0 Å². The van der Waals surface area contributed by atoms with E-state index in [1.54, 1.807) is 6.26 Å². The standard InChI is InChI=1S/C13H19BrN2O2/c1-10(14)13(17)15-9-11(12-5-4-8-18-12)16-6-2-3-7-16/h4-5,8,10-11H,2-3,6-7,9H2,1H3,(H,15,17). The predicted molar refractivity (Wildman–Crippen MR) is 73.7 cm³/mol. The van der Waals surface area contributed by atoms with Crippen LogP contribution < -0.4 is 5.32 Å². The fourth-order valence-corrected chi connectivity index (χ4v) is 2.44. The second-order valence-corrected chi connectivity index (χ2v) is 6.01. The second kappa shape index (κ2) is 6.38. The van der Waals surface area contributed by atoms with Gasteiger partial charge >= 0.3 is 0 Å². The number of nitrogens with one attached hydrogen (secondary N) is 1. The van der Waals surface area contributed by atoms with Gasteiger partial charge in [0.05, 0.1) is 17.1 Å². The first-order chi connectivity index (χ1) is 8.68. The van der Waals surface area contributed by atoms with E-state index in [0.29, 0.717) is 6.54 Å². The number of carbonyl (C=O) groups is 1. The van der Waals surface area contributed by atoms with Gasteiger partial charge in [-0.15, -0.1) is 0 Å². The summed E-state index contributed by atoms with van der Waals surface area (Å²) in [7, 11) is 0. The van der Waals surface area contributed by atoms with E-state index in [0.717, 1.165) is 18.8 Å². The normalized spacial score (nSPS) is 19.7. The van der Waals surface area contributed by atoms with Crippen molar-refractivity contribution in [2.45, 2.75) is 30.6 Å². The first kappa shape index (κ1) is 13.6. The third-order valence-corrected chi connectivity index (χ3v) is 3.70. The zero-order valence-electron chi connectivity index (χ0n) is 10.6. The molecule has 0 bridgehead atoms. The number of furan rings is 1. The lowest BCUT2D eigenvalue weighted by Gasteiger charge is -2.26. The van der Waals surface area contributed by atoms with E-state index in [4.69, 9.17) is 4.42 Å². The molecule has 2 atom stereocenters. The van der Waals surface area contributed by atoms with Crippen molar-refractivity contribution in [3.63, 3.8) is 0 Å². The number of likely N-dealkylation sites (tertiary alicyclic amines) is 1. The first-order valence-corrected chi connectivity index (χ1v) is 7.29. The number of hydrogen-bond acceptors (Lipinski definition) is 3. The van der Waals surface area contributed by atoms with Crippen LogP contribution in [0, 0.1) is 0 Å². The molecule has 1 aromatic heterocycles. The number of alkyl halides is 1. The highest BCUT2D eigenvalue weighted by molar-refractivity contribution is 9.10. The summed E-state index contributed by atoms with van der Waals surface area (Å²) in [6, 6.07) is 4.03. The van der Waals surface area contributed by atoms with Gasteiger partial charge in [0, 0.05) is 6.54 Å². The molecule has 1 aliphatic rings. The highest BCUT2D eigenvalue weighted by Gasteiger charge is 2.26. The van der Waals surface area contributed by atoms with Crippen LogP contribution in [0.4, 0.5) is 0 Å². The van der Waals surface area contributed by atoms with Crippen molar-refractivity contribution in [1.82, 2.24) is 10.2 Å². The quantitative estimate of drug-likeness (QED) is 0.848. The van der Waals surface area contributed by atoms with Gasteiger partial charge in [0.1, 0.15) is 5.76 Å². The van der Waals surface area contributed by atoms with E-state index in [1.165, 1.54) is 12.8 Å². The van der Waals surface area contributed by atoms with Gasteiger partial charge in [-0.05, 0) is 45.0 Å². The fourth-order valence-electron chi connectivity index (χ4n) is 2.28. The molecule has 0 saturated carbocycles. The second-order valence-electron chi connectivity index (χ2n) is 4.64. The van der Waals surface area contributed by atoms with E-state index >= 15 is 0 Å². The Morgan fingerprint density at radius 3 is 2.83 bits per heavy atom. The fraction of sp³-hybridized carbons (Fsp3) is 0.615. The molecule has 2 heterocycles. The molecule has 5 heteroatoms. The minimum atomic E-state index is -0.159. The Morgan fingerprint density at radius 1 is 1.56 bits per heavy atom. The number of carbonyl (C=O) groups excluding carboxylic acids is 1. The minimum Gasteiger partial charge on any atom is -0.468 e. The van der Waals surface area contributed by atoms with Gasteiger partial charge in [-0.1, -0.05) is 15.9 Å². The molecule has 0 aromatic carbocycles. The molecule has 18 heavy (non-hydrogen) atoms. The monoisotopic (exact) mass is 314 g/mol. The van der Waals surface area contributed by atoms with Gasteiger partial charge in [-0.25, -0.2) is 0 Å². The third-order valence-electron chi connectivity index (χ3n) is 3.28. The predicted octanol–water partition coefficient (Wildman–Crippen LogP) is 2.32. The summed E-state index contributed by atoms with van der Waals surface area (Å²) in [5, 5.41) is 2.96. The topological polar surface area (TPSA) is 45.5 Å². The van der Waals surface area contributed by atoms with E-state index < -0.39 is 0 Å². The summed E-state index contributed by atoms with van der Waals surface area (Å²) >= 11 is 3.27. The molecular weight excluding hydrogens is 296 g/mol. The van der Waals surface area contributed by atoms with Crippen LogP contribution in [0.15, 0.2) is 22.8 Å². The van der Waals surface area contributed by atoms with Crippen LogP contribution in [0.25, 0.3) is 0 Å². The van der Waals surface area contributed by atoms with Crippen LogP contribution in [-0.4, -0.2) is 35.3 Å². The van der Waals surface area contributed by atoms with Crippen molar-refractivity contribution < 1.29 is 9.21 Å². The maximum Gasteiger partial charge on any atom is 0.233 e. The van der Waals surface area contributed by atoms with Crippen LogP contribution in [-0.2, 0) is 4.79 Å². The van der Waals surface area contributed by atoms with Crippen LogP contribution in [0.1, 0.15) is 31.6 Å². The van der Waals surface area contributed by atoms with Crippen molar-refractivity contribution in [3.8, 4) is 0 Å². The Bertz CT molecular complexity index is 372. The first-order valence-electron chi connectivity index (χ1n) is 6.37. The number of rotatable bonds is 5. The Labute approximate surface area is 116 Å². The Balaban J connectivity index is 1.99. The molecule has 2 unspecified atom stereocenters. The van der Waals surface area contributed by atoms with Crippen molar-refractivity contribution in [1.29, 1.82) is 0 Å². The van der Waals surface area contributed by atoms with E-state index in [2.05, 4.69) is 26.1 Å². The van der Waals surface area contributed by atoms with Crippen molar-refractivity contribution in [2.75, 3.05) is 19.6 Å². The number of amides is 1. The molecule has 1 aliphatic heterocycles. The summed E-state index contributed by atoms with van der Waals surface area (Å²) in [6.45, 7) is 4.57. The van der Waals surface area contributed by atoms with Crippen molar-refractivity contribution >= 4 is 21.8 Å². The maximum atomic E-state index is 11.6. The summed E-state index contributed by atoms with van der Waals surface area (Å²) in [6.07, 6.45) is 4.13. The summed E-state index contributed by atoms with van der Waals surface area (Å²) < 4.78 is 5.50. The highest BCUT2D eigenvalue weighted by atomic mass is 79.9. The molecule has 0 spiro atoms. The summed E-state index contributed by atoms with van der Waals surface area (Å²) in [4.78, 5) is 13.8. The van der Waals surface area contributed by atoms with Gasteiger partial charge in [-0.2, -0.15) is 0 Å². The summed E-state index contributed by atoms with van der Waals surface area (Å²) in [5.74, 6) is 0.949. The van der Waals surface area contributed by atoms with Gasteiger partial charge in [-0.3, -0.25) is 9.69 Å². The minimum absolute atomic E-state index is 0.0192. The Kier molecular flexibility index (Phi) is 4.83. The third kappa shape index (κ3) is 3.36. The number of halogens is 1. The molecule has 100 valence electrons. The molecule has 0 radical (unpaired) electrons. The van der Waals surface area contributed by atoms with Crippen molar-refractivity contribution in [3.05, 3.63) is 24.2 Å². The van der Waals surface area contributed by atoms with Crippen LogP contribution >= 0.6 is 15.9 Å². The number of nitrogens with zero attached hydrogens (tertiary/aromatic N) is 1. The zero-order chi connectivity index (χ0) is 13.0. The molecule has 1 aromatic rings. The van der Waals surface area contributed by atoms with Gasteiger partial charge < -0.3 is 9.73 Å². The molecule has 1 fully saturated rings.